The molecule has 0 aliphatic heterocycles. The van der Waals surface area contributed by atoms with Crippen LogP contribution in [0.2, 0.25) is 0 Å². The Morgan fingerprint density at radius 3 is 2.02 bits per heavy atom. The van der Waals surface area contributed by atoms with E-state index in [1.165, 1.54) is 44.0 Å². The fourth-order valence-electron chi connectivity index (χ4n) is 8.42. The number of benzene rings is 8. The lowest BCUT2D eigenvalue weighted by atomic mass is 9.75. The summed E-state index contributed by atoms with van der Waals surface area (Å²) in [7, 11) is 0. The molecule has 1 unspecified atom stereocenters. The van der Waals surface area contributed by atoms with E-state index in [4.69, 9.17) is 19.4 Å². The average Bonchev–Trinajstić information content (AvgIpc) is 3.63. The molecule has 4 heteroatoms. The first kappa shape index (κ1) is 29.8. The second-order valence-corrected chi connectivity index (χ2v) is 13.9. The van der Waals surface area contributed by atoms with Gasteiger partial charge in [0, 0.05) is 38.9 Å². The Bertz CT molecular complexity index is 3050. The molecule has 0 saturated carbocycles. The van der Waals surface area contributed by atoms with Crippen molar-refractivity contribution in [2.75, 3.05) is 0 Å². The summed E-state index contributed by atoms with van der Waals surface area (Å²) in [5, 5.41) is 6.88. The van der Waals surface area contributed by atoms with Crippen LogP contribution in [-0.4, -0.2) is 15.0 Å². The van der Waals surface area contributed by atoms with Crippen molar-refractivity contribution in [1.29, 1.82) is 0 Å². The third-order valence-corrected chi connectivity index (χ3v) is 10.9. The standard InChI is InChI=1S/C49H31N3O/c1-2-13-31(14-3-1)47-50-48(34-24-25-37-33(28-34)23-22-30-12-4-6-16-35(30)37)52-49(51-47)42-27-26-40(46-45(42)41-20-10-11-21-44(41)53-46)43-29-32-15-5-7-17-36(32)38-18-8-9-19-39(38)43/h1-28,43H,29H2. The summed E-state index contributed by atoms with van der Waals surface area (Å²) in [6.07, 6.45) is 0.893. The summed E-state index contributed by atoms with van der Waals surface area (Å²) in [5.74, 6) is 2.00. The summed E-state index contributed by atoms with van der Waals surface area (Å²) >= 11 is 0. The van der Waals surface area contributed by atoms with Crippen LogP contribution in [0.15, 0.2) is 174 Å². The normalized spacial score (nSPS) is 13.8. The van der Waals surface area contributed by atoms with Crippen LogP contribution in [0.5, 0.6) is 0 Å². The SMILES string of the molecule is c1ccc(-c2nc(-c3ccc4c(ccc5ccccc54)c3)nc(-c3ccc(C4Cc5ccccc5-c5ccccc54)c4oc5ccccc5c34)n2)cc1. The molecule has 1 aliphatic carbocycles. The molecule has 4 nitrogen and oxygen atoms in total. The molecule has 0 bridgehead atoms. The van der Waals surface area contributed by atoms with Crippen molar-refractivity contribution in [2.24, 2.45) is 0 Å². The fourth-order valence-corrected chi connectivity index (χ4v) is 8.42. The van der Waals surface area contributed by atoms with E-state index >= 15 is 0 Å². The molecule has 0 spiro atoms. The second kappa shape index (κ2) is 11.8. The highest BCUT2D eigenvalue weighted by molar-refractivity contribution is 6.13. The number of rotatable bonds is 4. The van der Waals surface area contributed by atoms with Crippen LogP contribution in [-0.2, 0) is 6.42 Å². The summed E-state index contributed by atoms with van der Waals surface area (Å²) in [6, 6.07) is 59.9. The van der Waals surface area contributed by atoms with Gasteiger partial charge in [-0.15, -0.1) is 0 Å². The van der Waals surface area contributed by atoms with Gasteiger partial charge in [-0.2, -0.15) is 0 Å². The minimum atomic E-state index is 0.126. The molecule has 1 atom stereocenters. The molecule has 8 aromatic carbocycles. The Kier molecular flexibility index (Phi) is 6.65. The van der Waals surface area contributed by atoms with Gasteiger partial charge in [0.1, 0.15) is 11.2 Å². The molecule has 1 aliphatic rings. The number of hydrogen-bond donors (Lipinski definition) is 0. The Morgan fingerprint density at radius 2 is 1.11 bits per heavy atom. The Morgan fingerprint density at radius 1 is 0.434 bits per heavy atom. The van der Waals surface area contributed by atoms with Gasteiger partial charge < -0.3 is 4.42 Å². The van der Waals surface area contributed by atoms with Crippen molar-refractivity contribution in [3.63, 3.8) is 0 Å². The third kappa shape index (κ3) is 4.80. The molecule has 248 valence electrons. The van der Waals surface area contributed by atoms with Crippen molar-refractivity contribution in [3.05, 3.63) is 187 Å². The molecule has 2 aromatic heterocycles. The highest BCUT2D eigenvalue weighted by Gasteiger charge is 2.29. The maximum absolute atomic E-state index is 6.84. The molecule has 10 aromatic rings. The highest BCUT2D eigenvalue weighted by atomic mass is 16.3. The zero-order valence-corrected chi connectivity index (χ0v) is 28.7. The zero-order valence-electron chi connectivity index (χ0n) is 28.7. The lowest BCUT2D eigenvalue weighted by molar-refractivity contribution is 0.654. The van der Waals surface area contributed by atoms with Gasteiger partial charge in [-0.1, -0.05) is 152 Å². The number of furan rings is 1. The Hall–Kier alpha value is -6.91. The first-order chi connectivity index (χ1) is 26.3. The van der Waals surface area contributed by atoms with E-state index in [2.05, 4.69) is 146 Å². The minimum absolute atomic E-state index is 0.126. The molecule has 0 saturated heterocycles. The van der Waals surface area contributed by atoms with E-state index in [0.29, 0.717) is 17.5 Å². The second-order valence-electron chi connectivity index (χ2n) is 13.9. The van der Waals surface area contributed by atoms with Gasteiger partial charge in [-0.3, -0.25) is 0 Å². The number of hydrogen-bond acceptors (Lipinski definition) is 4. The van der Waals surface area contributed by atoms with Crippen LogP contribution in [0.4, 0.5) is 0 Å². The van der Waals surface area contributed by atoms with Crippen LogP contribution < -0.4 is 0 Å². The van der Waals surface area contributed by atoms with Crippen LogP contribution >= 0.6 is 0 Å². The summed E-state index contributed by atoms with van der Waals surface area (Å²) in [6.45, 7) is 0. The van der Waals surface area contributed by atoms with Gasteiger partial charge in [-0.05, 0) is 68.4 Å². The molecular weight excluding hydrogens is 647 g/mol. The molecule has 2 heterocycles. The number of para-hydroxylation sites is 1. The molecule has 11 rings (SSSR count). The molecule has 0 N–H and O–H groups in total. The molecule has 53 heavy (non-hydrogen) atoms. The maximum Gasteiger partial charge on any atom is 0.164 e. The average molecular weight is 678 g/mol. The quantitative estimate of drug-likeness (QED) is 0.174. The van der Waals surface area contributed by atoms with E-state index < -0.39 is 0 Å². The summed E-state index contributed by atoms with van der Waals surface area (Å²) < 4.78 is 6.84. The van der Waals surface area contributed by atoms with Gasteiger partial charge in [0.05, 0.1) is 0 Å². The predicted octanol–water partition coefficient (Wildman–Crippen LogP) is 12.4. The van der Waals surface area contributed by atoms with Gasteiger partial charge >= 0.3 is 0 Å². The zero-order chi connectivity index (χ0) is 34.9. The van der Waals surface area contributed by atoms with Gasteiger partial charge in [0.25, 0.3) is 0 Å². The van der Waals surface area contributed by atoms with Crippen LogP contribution in [0.1, 0.15) is 22.6 Å². The fraction of sp³-hybridized carbons (Fsp3) is 0.0408. The smallest absolute Gasteiger partial charge is 0.164 e. The Labute approximate surface area is 306 Å². The first-order valence-electron chi connectivity index (χ1n) is 18.1. The minimum Gasteiger partial charge on any atom is -0.456 e. The van der Waals surface area contributed by atoms with Crippen molar-refractivity contribution in [1.82, 2.24) is 15.0 Å². The van der Waals surface area contributed by atoms with Gasteiger partial charge in [-0.25, -0.2) is 15.0 Å². The summed E-state index contributed by atoms with van der Waals surface area (Å²) in [4.78, 5) is 15.5. The monoisotopic (exact) mass is 677 g/mol. The van der Waals surface area contributed by atoms with Crippen LogP contribution in [0.3, 0.4) is 0 Å². The van der Waals surface area contributed by atoms with E-state index in [1.54, 1.807) is 0 Å². The van der Waals surface area contributed by atoms with Crippen LogP contribution in [0, 0.1) is 0 Å². The van der Waals surface area contributed by atoms with E-state index in [9.17, 15) is 0 Å². The molecule has 0 radical (unpaired) electrons. The van der Waals surface area contributed by atoms with Crippen molar-refractivity contribution < 1.29 is 4.42 Å². The highest BCUT2D eigenvalue weighted by Crippen LogP contribution is 2.47. The van der Waals surface area contributed by atoms with Crippen molar-refractivity contribution >= 4 is 43.5 Å². The van der Waals surface area contributed by atoms with E-state index in [-0.39, 0.29) is 5.92 Å². The largest absolute Gasteiger partial charge is 0.456 e. The summed E-state index contributed by atoms with van der Waals surface area (Å²) in [5.41, 5.74) is 11.0. The number of nitrogens with zero attached hydrogens (tertiary/aromatic N) is 3. The predicted molar refractivity (Wildman–Crippen MR) is 216 cm³/mol. The molecular formula is C49H31N3O. The number of fused-ring (bicyclic) bond motifs is 9. The topological polar surface area (TPSA) is 51.8 Å². The number of aromatic nitrogens is 3. The lowest BCUT2D eigenvalue weighted by Gasteiger charge is -2.28. The van der Waals surface area contributed by atoms with E-state index in [0.717, 1.165) is 50.4 Å². The first-order valence-corrected chi connectivity index (χ1v) is 18.1. The van der Waals surface area contributed by atoms with Crippen LogP contribution in [0.25, 0.3) is 88.8 Å². The lowest BCUT2D eigenvalue weighted by Crippen LogP contribution is -2.13. The van der Waals surface area contributed by atoms with E-state index in [1.807, 2.05) is 24.3 Å². The molecule has 0 amide bonds. The van der Waals surface area contributed by atoms with Crippen molar-refractivity contribution in [2.45, 2.75) is 12.3 Å². The van der Waals surface area contributed by atoms with Gasteiger partial charge in [0.15, 0.2) is 17.5 Å². The maximum atomic E-state index is 6.84. The Balaban J connectivity index is 1.14. The molecule has 0 fully saturated rings. The van der Waals surface area contributed by atoms with Gasteiger partial charge in [0.2, 0.25) is 0 Å². The van der Waals surface area contributed by atoms with Crippen molar-refractivity contribution in [3.8, 4) is 45.3 Å². The third-order valence-electron chi connectivity index (χ3n) is 10.9.